The summed E-state index contributed by atoms with van der Waals surface area (Å²) >= 11 is -0.150. The molecule has 15 heavy (non-hydrogen) atoms. The van der Waals surface area contributed by atoms with Crippen molar-refractivity contribution in [3.05, 3.63) is 29.3 Å². The molecule has 5 heteroatoms. The molecule has 1 nitrogen and oxygen atoms in total. The summed E-state index contributed by atoms with van der Waals surface area (Å²) in [4.78, 5) is 0.130. The fraction of sp³-hybridized carbons (Fsp3) is 0.400. The Bertz CT molecular complexity index is 375. The highest BCUT2D eigenvalue weighted by Gasteiger charge is 2.33. The molecule has 0 aromatic heterocycles. The first-order valence-corrected chi connectivity index (χ1v) is 5.34. The highest BCUT2D eigenvalue weighted by atomic mass is 32.2. The summed E-state index contributed by atoms with van der Waals surface area (Å²) in [6, 6.07) is 4.78. The lowest BCUT2D eigenvalue weighted by atomic mass is 10.1. The first-order chi connectivity index (χ1) is 6.97. The van der Waals surface area contributed by atoms with Crippen LogP contribution >= 0.6 is 11.8 Å². The molecular formula is C10H9F3OS. The van der Waals surface area contributed by atoms with Gasteiger partial charge in [-0.2, -0.15) is 13.2 Å². The standard InChI is InChI=1S/C10H9F3OS/c11-10(12,13)15-8-3-1-2-6-4-5-7(14)9(6)8/h1-3,7,14H,4-5H2. The van der Waals surface area contributed by atoms with Crippen LogP contribution < -0.4 is 0 Å². The number of alkyl halides is 3. The minimum Gasteiger partial charge on any atom is -0.388 e. The zero-order chi connectivity index (χ0) is 11.1. The van der Waals surface area contributed by atoms with Crippen molar-refractivity contribution in [2.24, 2.45) is 0 Å². The van der Waals surface area contributed by atoms with Gasteiger partial charge in [0, 0.05) is 4.90 Å². The van der Waals surface area contributed by atoms with E-state index in [9.17, 15) is 18.3 Å². The van der Waals surface area contributed by atoms with Crippen LogP contribution in [0.1, 0.15) is 23.7 Å². The van der Waals surface area contributed by atoms with Crippen molar-refractivity contribution in [2.45, 2.75) is 29.3 Å². The van der Waals surface area contributed by atoms with Crippen LogP contribution in [0.3, 0.4) is 0 Å². The number of hydrogen-bond donors (Lipinski definition) is 1. The number of halogens is 3. The molecule has 1 unspecified atom stereocenters. The topological polar surface area (TPSA) is 20.2 Å². The molecule has 0 heterocycles. The summed E-state index contributed by atoms with van der Waals surface area (Å²) in [5, 5.41) is 9.58. The van der Waals surface area contributed by atoms with Crippen LogP contribution in [0.4, 0.5) is 13.2 Å². The quantitative estimate of drug-likeness (QED) is 0.752. The lowest BCUT2D eigenvalue weighted by Gasteiger charge is -2.12. The molecule has 0 aliphatic heterocycles. The molecule has 0 bridgehead atoms. The van der Waals surface area contributed by atoms with Gasteiger partial charge in [0.25, 0.3) is 0 Å². The summed E-state index contributed by atoms with van der Waals surface area (Å²) in [6.07, 6.45) is 0.430. The number of aliphatic hydroxyl groups is 1. The number of thioether (sulfide) groups is 1. The van der Waals surface area contributed by atoms with E-state index < -0.39 is 11.6 Å². The van der Waals surface area contributed by atoms with Gasteiger partial charge >= 0.3 is 5.51 Å². The Morgan fingerprint density at radius 2 is 2.07 bits per heavy atom. The van der Waals surface area contributed by atoms with Crippen molar-refractivity contribution in [1.82, 2.24) is 0 Å². The summed E-state index contributed by atoms with van der Waals surface area (Å²) in [7, 11) is 0. The number of rotatable bonds is 1. The minimum atomic E-state index is -4.29. The van der Waals surface area contributed by atoms with E-state index in [1.807, 2.05) is 0 Å². The van der Waals surface area contributed by atoms with E-state index in [0.717, 1.165) is 5.56 Å². The second kappa shape index (κ2) is 3.72. The van der Waals surface area contributed by atoms with Crippen molar-refractivity contribution in [3.8, 4) is 0 Å². The molecule has 1 aromatic rings. The highest BCUT2D eigenvalue weighted by Crippen LogP contribution is 2.44. The van der Waals surface area contributed by atoms with Crippen molar-refractivity contribution in [3.63, 3.8) is 0 Å². The van der Waals surface area contributed by atoms with Crippen molar-refractivity contribution in [2.75, 3.05) is 0 Å². The van der Waals surface area contributed by atoms with Crippen LogP contribution in [0, 0.1) is 0 Å². The number of fused-ring (bicyclic) bond motifs is 1. The third kappa shape index (κ3) is 2.29. The Balaban J connectivity index is 2.37. The average molecular weight is 234 g/mol. The molecule has 82 valence electrons. The van der Waals surface area contributed by atoms with Crippen LogP contribution in [-0.2, 0) is 6.42 Å². The first-order valence-electron chi connectivity index (χ1n) is 4.53. The Morgan fingerprint density at radius 1 is 1.33 bits per heavy atom. The van der Waals surface area contributed by atoms with Crippen molar-refractivity contribution in [1.29, 1.82) is 0 Å². The van der Waals surface area contributed by atoms with Crippen LogP contribution in [0.5, 0.6) is 0 Å². The lowest BCUT2D eigenvalue weighted by Crippen LogP contribution is -2.02. The molecule has 0 amide bonds. The van der Waals surface area contributed by atoms with Gasteiger partial charge in [0.05, 0.1) is 6.10 Å². The van der Waals surface area contributed by atoms with E-state index in [1.54, 1.807) is 12.1 Å². The van der Waals surface area contributed by atoms with Gasteiger partial charge in [-0.15, -0.1) is 0 Å². The third-order valence-electron chi connectivity index (χ3n) is 2.40. The second-order valence-corrected chi connectivity index (χ2v) is 4.54. The largest absolute Gasteiger partial charge is 0.446 e. The average Bonchev–Trinajstić information content (AvgIpc) is 2.46. The first kappa shape index (κ1) is 10.8. The molecule has 1 N–H and O–H groups in total. The molecular weight excluding hydrogens is 225 g/mol. The molecule has 0 saturated carbocycles. The molecule has 1 atom stereocenters. The summed E-state index contributed by atoms with van der Waals surface area (Å²) < 4.78 is 36.7. The summed E-state index contributed by atoms with van der Waals surface area (Å²) in [6.45, 7) is 0. The van der Waals surface area contributed by atoms with Gasteiger partial charge in [-0.3, -0.25) is 0 Å². The van der Waals surface area contributed by atoms with Gasteiger partial charge < -0.3 is 5.11 Å². The van der Waals surface area contributed by atoms with E-state index in [4.69, 9.17) is 0 Å². The van der Waals surface area contributed by atoms with Gasteiger partial charge in [0.15, 0.2) is 0 Å². The summed E-state index contributed by atoms with van der Waals surface area (Å²) in [5.74, 6) is 0. The number of benzene rings is 1. The van der Waals surface area contributed by atoms with E-state index >= 15 is 0 Å². The highest BCUT2D eigenvalue weighted by molar-refractivity contribution is 8.00. The predicted molar refractivity (Wildman–Crippen MR) is 51.6 cm³/mol. The molecule has 0 spiro atoms. The molecule has 2 rings (SSSR count). The Kier molecular flexibility index (Phi) is 2.68. The fourth-order valence-corrected chi connectivity index (χ4v) is 2.61. The van der Waals surface area contributed by atoms with Gasteiger partial charge in [-0.25, -0.2) is 0 Å². The maximum Gasteiger partial charge on any atom is 0.446 e. The maximum absolute atomic E-state index is 12.2. The number of hydrogen-bond acceptors (Lipinski definition) is 2. The van der Waals surface area contributed by atoms with E-state index in [1.165, 1.54) is 6.07 Å². The minimum absolute atomic E-state index is 0.130. The lowest BCUT2D eigenvalue weighted by molar-refractivity contribution is -0.0328. The van der Waals surface area contributed by atoms with Gasteiger partial charge in [-0.1, -0.05) is 12.1 Å². The molecule has 1 aliphatic rings. The van der Waals surface area contributed by atoms with Crippen LogP contribution in [0.2, 0.25) is 0 Å². The third-order valence-corrected chi connectivity index (χ3v) is 3.21. The monoisotopic (exact) mass is 234 g/mol. The summed E-state index contributed by atoms with van der Waals surface area (Å²) in [5.41, 5.74) is -3.01. The van der Waals surface area contributed by atoms with Gasteiger partial charge in [0.2, 0.25) is 0 Å². The maximum atomic E-state index is 12.2. The van der Waals surface area contributed by atoms with Crippen molar-refractivity contribution < 1.29 is 18.3 Å². The van der Waals surface area contributed by atoms with Crippen molar-refractivity contribution >= 4 is 11.8 Å². The van der Waals surface area contributed by atoms with E-state index in [2.05, 4.69) is 0 Å². The number of aliphatic hydroxyl groups excluding tert-OH is 1. The SMILES string of the molecule is OC1CCc2cccc(SC(F)(F)F)c21. The molecule has 1 aliphatic carbocycles. The second-order valence-electron chi connectivity index (χ2n) is 3.43. The Morgan fingerprint density at radius 3 is 2.73 bits per heavy atom. The Labute approximate surface area is 89.3 Å². The van der Waals surface area contributed by atoms with Crippen LogP contribution in [0.15, 0.2) is 23.1 Å². The number of aryl methyl sites for hydroxylation is 1. The fourth-order valence-electron chi connectivity index (χ4n) is 1.84. The molecule has 1 aromatic carbocycles. The molecule has 0 saturated heterocycles. The van der Waals surface area contributed by atoms with E-state index in [0.29, 0.717) is 18.4 Å². The van der Waals surface area contributed by atoms with Gasteiger partial charge in [-0.05, 0) is 41.8 Å². The van der Waals surface area contributed by atoms with Crippen LogP contribution in [0.25, 0.3) is 0 Å². The zero-order valence-corrected chi connectivity index (χ0v) is 8.53. The normalized spacial score (nSPS) is 20.4. The molecule has 0 radical (unpaired) electrons. The Hall–Kier alpha value is -0.680. The zero-order valence-electron chi connectivity index (χ0n) is 7.71. The smallest absolute Gasteiger partial charge is 0.388 e. The molecule has 0 fully saturated rings. The van der Waals surface area contributed by atoms with Gasteiger partial charge in [0.1, 0.15) is 0 Å². The van der Waals surface area contributed by atoms with E-state index in [-0.39, 0.29) is 16.7 Å². The predicted octanol–water partition coefficient (Wildman–Crippen LogP) is 3.28. The van der Waals surface area contributed by atoms with Crippen LogP contribution in [-0.4, -0.2) is 10.6 Å².